The molecule has 0 bridgehead atoms. The Labute approximate surface area is 136 Å². The van der Waals surface area contributed by atoms with E-state index in [1.165, 1.54) is 0 Å². The van der Waals surface area contributed by atoms with Gasteiger partial charge in [-0.3, -0.25) is 4.79 Å². The molecule has 120 valence electrons. The third kappa shape index (κ3) is 3.18. The number of carbonyl (C=O) groups excluding carboxylic acids is 1. The van der Waals surface area contributed by atoms with Gasteiger partial charge in [0.05, 0.1) is 6.04 Å². The molecule has 0 aliphatic carbocycles. The van der Waals surface area contributed by atoms with Crippen LogP contribution in [0.1, 0.15) is 29.1 Å². The molecule has 1 aliphatic heterocycles. The second-order valence-electron chi connectivity index (χ2n) is 6.22. The van der Waals surface area contributed by atoms with Crippen LogP contribution in [0.4, 0.5) is 11.5 Å². The van der Waals surface area contributed by atoms with Crippen LogP contribution in [0.2, 0.25) is 0 Å². The van der Waals surface area contributed by atoms with Gasteiger partial charge in [-0.2, -0.15) is 0 Å². The van der Waals surface area contributed by atoms with Crippen molar-refractivity contribution in [3.8, 4) is 0 Å². The Hall–Kier alpha value is -2.43. The molecule has 1 aromatic heterocycles. The fourth-order valence-corrected chi connectivity index (χ4v) is 2.95. The summed E-state index contributed by atoms with van der Waals surface area (Å²) in [5.41, 5.74) is 4.13. The van der Waals surface area contributed by atoms with Crippen LogP contribution >= 0.6 is 0 Å². The maximum Gasteiger partial charge on any atom is 0.229 e. The maximum atomic E-state index is 12.4. The average molecular weight is 310 g/mol. The Balaban J connectivity index is 1.78. The summed E-state index contributed by atoms with van der Waals surface area (Å²) in [4.78, 5) is 23.1. The molecular weight excluding hydrogens is 288 g/mol. The van der Waals surface area contributed by atoms with E-state index in [2.05, 4.69) is 15.3 Å². The Morgan fingerprint density at radius 3 is 2.70 bits per heavy atom. The molecule has 1 aliphatic rings. The van der Waals surface area contributed by atoms with Gasteiger partial charge in [-0.25, -0.2) is 9.97 Å². The lowest BCUT2D eigenvalue weighted by Gasteiger charge is -2.19. The number of hydrogen-bond donors (Lipinski definition) is 1. The van der Waals surface area contributed by atoms with Crippen LogP contribution in [-0.2, 0) is 4.79 Å². The van der Waals surface area contributed by atoms with E-state index in [1.54, 1.807) is 0 Å². The zero-order valence-corrected chi connectivity index (χ0v) is 14.1. The summed E-state index contributed by atoms with van der Waals surface area (Å²) >= 11 is 0. The fourth-order valence-electron chi connectivity index (χ4n) is 2.95. The van der Waals surface area contributed by atoms with E-state index in [-0.39, 0.29) is 11.9 Å². The number of nitrogens with zero attached hydrogens (tertiary/aromatic N) is 3. The van der Waals surface area contributed by atoms with Crippen LogP contribution in [0, 0.1) is 27.7 Å². The van der Waals surface area contributed by atoms with Gasteiger partial charge in [0.2, 0.25) is 5.91 Å². The van der Waals surface area contributed by atoms with Gasteiger partial charge in [-0.15, -0.1) is 0 Å². The molecule has 5 heteroatoms. The van der Waals surface area contributed by atoms with Crippen LogP contribution in [-0.4, -0.2) is 28.5 Å². The molecule has 0 unspecified atom stereocenters. The van der Waals surface area contributed by atoms with Crippen LogP contribution in [0.25, 0.3) is 0 Å². The molecule has 1 N–H and O–H groups in total. The Kier molecular flexibility index (Phi) is 4.03. The van der Waals surface area contributed by atoms with E-state index in [9.17, 15) is 4.79 Å². The molecule has 1 aromatic carbocycles. The summed E-state index contributed by atoms with van der Waals surface area (Å²) < 4.78 is 0. The zero-order valence-electron chi connectivity index (χ0n) is 14.1. The van der Waals surface area contributed by atoms with Gasteiger partial charge in [0.15, 0.2) is 0 Å². The molecule has 0 radical (unpaired) electrons. The van der Waals surface area contributed by atoms with E-state index in [0.717, 1.165) is 34.2 Å². The highest BCUT2D eigenvalue weighted by Gasteiger charge is 2.31. The number of aryl methyl sites for hydroxylation is 3. The molecule has 0 saturated carbocycles. The van der Waals surface area contributed by atoms with E-state index in [0.29, 0.717) is 13.0 Å². The van der Waals surface area contributed by atoms with E-state index >= 15 is 0 Å². The number of hydrogen-bond acceptors (Lipinski definition) is 4. The van der Waals surface area contributed by atoms with Crippen molar-refractivity contribution < 1.29 is 4.79 Å². The molecule has 23 heavy (non-hydrogen) atoms. The number of rotatable bonds is 3. The lowest BCUT2D eigenvalue weighted by Crippen LogP contribution is -2.28. The van der Waals surface area contributed by atoms with Crippen molar-refractivity contribution in [3.63, 3.8) is 0 Å². The first kappa shape index (κ1) is 15.5. The highest BCUT2D eigenvalue weighted by atomic mass is 16.2. The van der Waals surface area contributed by atoms with E-state index in [4.69, 9.17) is 0 Å². The molecule has 1 fully saturated rings. The van der Waals surface area contributed by atoms with Crippen molar-refractivity contribution in [2.24, 2.45) is 0 Å². The van der Waals surface area contributed by atoms with Crippen molar-refractivity contribution in [2.75, 3.05) is 16.8 Å². The molecular formula is C18H22N4O. The van der Waals surface area contributed by atoms with E-state index < -0.39 is 0 Å². The summed E-state index contributed by atoms with van der Waals surface area (Å²) in [5, 5.41) is 3.42. The van der Waals surface area contributed by atoms with Gasteiger partial charge >= 0.3 is 0 Å². The van der Waals surface area contributed by atoms with Crippen LogP contribution in [0.15, 0.2) is 24.3 Å². The first-order valence-electron chi connectivity index (χ1n) is 7.89. The quantitative estimate of drug-likeness (QED) is 0.947. The molecule has 2 heterocycles. The highest BCUT2D eigenvalue weighted by molar-refractivity contribution is 5.96. The maximum absolute atomic E-state index is 12.4. The fraction of sp³-hybridized carbons (Fsp3) is 0.389. The normalized spacial score (nSPS) is 17.7. The summed E-state index contributed by atoms with van der Waals surface area (Å²) in [7, 11) is 0. The van der Waals surface area contributed by atoms with Gasteiger partial charge in [0.1, 0.15) is 11.6 Å². The van der Waals surface area contributed by atoms with E-state index in [1.807, 2.05) is 56.9 Å². The van der Waals surface area contributed by atoms with Crippen molar-refractivity contribution in [1.82, 2.24) is 9.97 Å². The number of aromatic nitrogens is 2. The van der Waals surface area contributed by atoms with Crippen LogP contribution < -0.4 is 10.2 Å². The SMILES string of the molecule is Cc1cccc(N2C[C@@H](Nc3nc(C)nc(C)c3C)CC2=O)c1. The highest BCUT2D eigenvalue weighted by Crippen LogP contribution is 2.25. The predicted octanol–water partition coefficient (Wildman–Crippen LogP) is 2.93. The minimum absolute atomic E-state index is 0.0652. The van der Waals surface area contributed by atoms with Crippen molar-refractivity contribution >= 4 is 17.4 Å². The third-order valence-corrected chi connectivity index (χ3v) is 4.28. The number of benzene rings is 1. The van der Waals surface area contributed by atoms with Crippen molar-refractivity contribution in [1.29, 1.82) is 0 Å². The predicted molar refractivity (Wildman–Crippen MR) is 91.8 cm³/mol. The van der Waals surface area contributed by atoms with Gasteiger partial charge in [-0.1, -0.05) is 12.1 Å². The lowest BCUT2D eigenvalue weighted by atomic mass is 10.2. The number of carbonyl (C=O) groups is 1. The summed E-state index contributed by atoms with van der Waals surface area (Å²) in [6.45, 7) is 8.57. The Bertz CT molecular complexity index is 757. The lowest BCUT2D eigenvalue weighted by molar-refractivity contribution is -0.117. The monoisotopic (exact) mass is 310 g/mol. The molecule has 1 amide bonds. The second kappa shape index (κ2) is 5.99. The summed E-state index contributed by atoms with van der Waals surface area (Å²) in [6.07, 6.45) is 0.482. The van der Waals surface area contributed by atoms with Crippen molar-refractivity contribution in [2.45, 2.75) is 40.2 Å². The molecule has 3 rings (SSSR count). The van der Waals surface area contributed by atoms with Crippen LogP contribution in [0.5, 0.6) is 0 Å². The molecule has 5 nitrogen and oxygen atoms in total. The standard InChI is InChI=1S/C18H22N4O/c1-11-6-5-7-16(8-11)22-10-15(9-17(22)23)21-18-12(2)13(3)19-14(4)20-18/h5-8,15H,9-10H2,1-4H3,(H,19,20,21)/t15-/m0/s1. The third-order valence-electron chi connectivity index (χ3n) is 4.28. The van der Waals surface area contributed by atoms with Gasteiger partial charge in [0.25, 0.3) is 0 Å². The first-order valence-corrected chi connectivity index (χ1v) is 7.89. The van der Waals surface area contributed by atoms with Gasteiger partial charge in [-0.05, 0) is 45.4 Å². The summed E-state index contributed by atoms with van der Waals surface area (Å²) in [5.74, 6) is 1.72. The molecule has 0 spiro atoms. The number of anilines is 2. The summed E-state index contributed by atoms with van der Waals surface area (Å²) in [6, 6.07) is 8.12. The molecule has 1 atom stereocenters. The topological polar surface area (TPSA) is 58.1 Å². The van der Waals surface area contributed by atoms with Crippen LogP contribution in [0.3, 0.4) is 0 Å². The second-order valence-corrected chi connectivity index (χ2v) is 6.22. The minimum Gasteiger partial charge on any atom is -0.365 e. The largest absolute Gasteiger partial charge is 0.365 e. The molecule has 2 aromatic rings. The first-order chi connectivity index (χ1) is 10.9. The van der Waals surface area contributed by atoms with Crippen molar-refractivity contribution in [3.05, 3.63) is 46.9 Å². The van der Waals surface area contributed by atoms with Gasteiger partial charge in [0, 0.05) is 29.9 Å². The minimum atomic E-state index is 0.0652. The number of nitrogens with one attached hydrogen (secondary N) is 1. The number of amides is 1. The smallest absolute Gasteiger partial charge is 0.229 e. The average Bonchev–Trinajstić information content (AvgIpc) is 2.85. The Morgan fingerprint density at radius 2 is 1.96 bits per heavy atom. The molecule has 1 saturated heterocycles. The van der Waals surface area contributed by atoms with Gasteiger partial charge < -0.3 is 10.2 Å². The Morgan fingerprint density at radius 1 is 1.17 bits per heavy atom. The zero-order chi connectivity index (χ0) is 16.6.